The van der Waals surface area contributed by atoms with Gasteiger partial charge in [0.25, 0.3) is 5.56 Å². The molecule has 0 spiro atoms. The Morgan fingerprint density at radius 3 is 2.47 bits per heavy atom. The standard InChI is InChI=1S/C11H20N4O2/c1-5-7(6(2)3)13-8-9(12)15(4)11(17)14-10(8)16/h6-7,13H,5,12H2,1-4H3,(H,14,16,17). The summed E-state index contributed by atoms with van der Waals surface area (Å²) < 4.78 is 1.22. The van der Waals surface area contributed by atoms with Crippen molar-refractivity contribution >= 4 is 11.5 Å². The molecule has 0 saturated carbocycles. The van der Waals surface area contributed by atoms with Crippen LogP contribution >= 0.6 is 0 Å². The first kappa shape index (κ1) is 13.3. The van der Waals surface area contributed by atoms with Gasteiger partial charge >= 0.3 is 5.69 Å². The third-order valence-corrected chi connectivity index (χ3v) is 2.94. The van der Waals surface area contributed by atoms with Gasteiger partial charge in [-0.25, -0.2) is 4.79 Å². The molecule has 96 valence electrons. The molecule has 0 aliphatic rings. The lowest BCUT2D eigenvalue weighted by Crippen LogP contribution is -2.35. The van der Waals surface area contributed by atoms with Gasteiger partial charge in [0.2, 0.25) is 0 Å². The van der Waals surface area contributed by atoms with E-state index < -0.39 is 11.2 Å². The number of nitrogen functional groups attached to an aromatic ring is 1. The first-order chi connectivity index (χ1) is 7.88. The van der Waals surface area contributed by atoms with Gasteiger partial charge in [0.1, 0.15) is 11.5 Å². The van der Waals surface area contributed by atoms with Crippen LogP contribution in [0.3, 0.4) is 0 Å². The first-order valence-electron chi connectivity index (χ1n) is 5.73. The number of nitrogens with zero attached hydrogens (tertiary/aromatic N) is 1. The van der Waals surface area contributed by atoms with E-state index in [4.69, 9.17) is 5.73 Å². The fourth-order valence-corrected chi connectivity index (χ4v) is 1.70. The summed E-state index contributed by atoms with van der Waals surface area (Å²) in [6.45, 7) is 6.16. The van der Waals surface area contributed by atoms with Crippen LogP contribution in [0.4, 0.5) is 11.5 Å². The van der Waals surface area contributed by atoms with Crippen LogP contribution in [0.1, 0.15) is 27.2 Å². The molecule has 1 atom stereocenters. The van der Waals surface area contributed by atoms with E-state index in [1.807, 2.05) is 6.92 Å². The molecule has 1 aromatic rings. The molecule has 4 N–H and O–H groups in total. The van der Waals surface area contributed by atoms with Gasteiger partial charge < -0.3 is 11.1 Å². The van der Waals surface area contributed by atoms with Crippen LogP contribution in [0.2, 0.25) is 0 Å². The molecule has 0 bridgehead atoms. The number of nitrogens with one attached hydrogen (secondary N) is 2. The van der Waals surface area contributed by atoms with Crippen molar-refractivity contribution in [2.45, 2.75) is 33.2 Å². The van der Waals surface area contributed by atoms with Crippen LogP contribution in [0.5, 0.6) is 0 Å². The molecule has 0 aromatic carbocycles. The molecule has 0 aliphatic heterocycles. The van der Waals surface area contributed by atoms with Crippen molar-refractivity contribution in [3.8, 4) is 0 Å². The Balaban J connectivity index is 3.20. The fourth-order valence-electron chi connectivity index (χ4n) is 1.70. The summed E-state index contributed by atoms with van der Waals surface area (Å²) in [4.78, 5) is 25.2. The number of aromatic nitrogens is 2. The largest absolute Gasteiger partial charge is 0.383 e. The van der Waals surface area contributed by atoms with E-state index in [-0.39, 0.29) is 17.5 Å². The Labute approximate surface area is 99.8 Å². The number of H-pyrrole nitrogens is 1. The summed E-state index contributed by atoms with van der Waals surface area (Å²) in [5.41, 5.74) is 5.07. The molecular weight excluding hydrogens is 220 g/mol. The maximum absolute atomic E-state index is 11.7. The molecular formula is C11H20N4O2. The van der Waals surface area contributed by atoms with Crippen molar-refractivity contribution in [2.75, 3.05) is 11.1 Å². The van der Waals surface area contributed by atoms with Gasteiger partial charge in [0.05, 0.1) is 0 Å². The number of nitrogens with two attached hydrogens (primary N) is 1. The third kappa shape index (κ3) is 2.69. The topological polar surface area (TPSA) is 92.9 Å². The normalized spacial score (nSPS) is 12.8. The Morgan fingerprint density at radius 1 is 1.41 bits per heavy atom. The zero-order chi connectivity index (χ0) is 13.2. The maximum Gasteiger partial charge on any atom is 0.329 e. The minimum atomic E-state index is -0.504. The van der Waals surface area contributed by atoms with E-state index >= 15 is 0 Å². The number of hydrogen-bond acceptors (Lipinski definition) is 4. The van der Waals surface area contributed by atoms with Crippen molar-refractivity contribution in [3.63, 3.8) is 0 Å². The van der Waals surface area contributed by atoms with Gasteiger partial charge in [-0.3, -0.25) is 14.3 Å². The van der Waals surface area contributed by atoms with Crippen LogP contribution in [0.15, 0.2) is 9.59 Å². The quantitative estimate of drug-likeness (QED) is 0.714. The minimum Gasteiger partial charge on any atom is -0.383 e. The zero-order valence-corrected chi connectivity index (χ0v) is 10.7. The van der Waals surface area contributed by atoms with Crippen molar-refractivity contribution in [1.29, 1.82) is 0 Å². The summed E-state index contributed by atoms with van der Waals surface area (Å²) in [5.74, 6) is 0.536. The van der Waals surface area contributed by atoms with Gasteiger partial charge in [-0.05, 0) is 12.3 Å². The monoisotopic (exact) mass is 240 g/mol. The third-order valence-electron chi connectivity index (χ3n) is 2.94. The number of aromatic amines is 1. The molecule has 0 fully saturated rings. The Hall–Kier alpha value is -1.72. The molecule has 0 saturated heterocycles. The number of rotatable bonds is 4. The molecule has 6 nitrogen and oxygen atoms in total. The van der Waals surface area contributed by atoms with Gasteiger partial charge in [0.15, 0.2) is 0 Å². The Kier molecular flexibility index (Phi) is 3.98. The van der Waals surface area contributed by atoms with Crippen LogP contribution < -0.4 is 22.3 Å². The second-order valence-corrected chi connectivity index (χ2v) is 4.48. The van der Waals surface area contributed by atoms with E-state index in [0.717, 1.165) is 6.42 Å². The van der Waals surface area contributed by atoms with Crippen molar-refractivity contribution in [3.05, 3.63) is 20.8 Å². The van der Waals surface area contributed by atoms with Gasteiger partial charge in [-0.2, -0.15) is 0 Å². The maximum atomic E-state index is 11.7. The van der Waals surface area contributed by atoms with E-state index in [0.29, 0.717) is 5.92 Å². The van der Waals surface area contributed by atoms with Crippen LogP contribution in [0, 0.1) is 5.92 Å². The molecule has 0 aliphatic carbocycles. The van der Waals surface area contributed by atoms with Gasteiger partial charge in [-0.15, -0.1) is 0 Å². The van der Waals surface area contributed by atoms with E-state index in [9.17, 15) is 9.59 Å². The van der Waals surface area contributed by atoms with E-state index in [1.54, 1.807) is 0 Å². The highest BCUT2D eigenvalue weighted by Gasteiger charge is 2.16. The minimum absolute atomic E-state index is 0.149. The predicted molar refractivity (Wildman–Crippen MR) is 69.3 cm³/mol. The second kappa shape index (κ2) is 5.07. The first-order valence-corrected chi connectivity index (χ1v) is 5.73. The van der Waals surface area contributed by atoms with Crippen LogP contribution in [0.25, 0.3) is 0 Å². The average molecular weight is 240 g/mol. The summed E-state index contributed by atoms with van der Waals surface area (Å²) in [5, 5.41) is 3.10. The zero-order valence-electron chi connectivity index (χ0n) is 10.7. The summed E-state index contributed by atoms with van der Waals surface area (Å²) >= 11 is 0. The van der Waals surface area contributed by atoms with Crippen LogP contribution in [-0.4, -0.2) is 15.6 Å². The highest BCUT2D eigenvalue weighted by Crippen LogP contribution is 2.15. The highest BCUT2D eigenvalue weighted by molar-refractivity contribution is 5.60. The summed E-state index contributed by atoms with van der Waals surface area (Å²) in [6, 6.07) is 0.149. The second-order valence-electron chi connectivity index (χ2n) is 4.48. The van der Waals surface area contributed by atoms with Crippen molar-refractivity contribution in [2.24, 2.45) is 13.0 Å². The number of anilines is 2. The molecule has 1 rings (SSSR count). The fraction of sp³-hybridized carbons (Fsp3) is 0.636. The molecule has 0 amide bonds. The smallest absolute Gasteiger partial charge is 0.329 e. The lowest BCUT2D eigenvalue weighted by Gasteiger charge is -2.22. The molecule has 1 unspecified atom stereocenters. The molecule has 1 aromatic heterocycles. The molecule has 6 heteroatoms. The average Bonchev–Trinajstić information content (AvgIpc) is 2.26. The highest BCUT2D eigenvalue weighted by atomic mass is 16.2. The van der Waals surface area contributed by atoms with Gasteiger partial charge in [0, 0.05) is 13.1 Å². The van der Waals surface area contributed by atoms with Crippen molar-refractivity contribution < 1.29 is 0 Å². The lowest BCUT2D eigenvalue weighted by molar-refractivity contribution is 0.510. The summed E-state index contributed by atoms with van der Waals surface area (Å²) in [7, 11) is 1.52. The van der Waals surface area contributed by atoms with Crippen molar-refractivity contribution in [1.82, 2.24) is 9.55 Å². The van der Waals surface area contributed by atoms with Gasteiger partial charge in [-0.1, -0.05) is 20.8 Å². The molecule has 1 heterocycles. The predicted octanol–water partition coefficient (Wildman–Crippen LogP) is 0.502. The lowest BCUT2D eigenvalue weighted by atomic mass is 10.0. The number of hydrogen-bond donors (Lipinski definition) is 3. The van der Waals surface area contributed by atoms with E-state index in [1.165, 1.54) is 11.6 Å². The summed E-state index contributed by atoms with van der Waals surface area (Å²) in [6.07, 6.45) is 0.874. The SMILES string of the molecule is CCC(Nc1c(N)n(C)c(=O)[nH]c1=O)C(C)C. The van der Waals surface area contributed by atoms with E-state index in [2.05, 4.69) is 24.1 Å². The Morgan fingerprint density at radius 2 is 2.00 bits per heavy atom. The van der Waals surface area contributed by atoms with Crippen LogP contribution in [-0.2, 0) is 7.05 Å². The Bertz CT molecular complexity index is 501. The molecule has 0 radical (unpaired) electrons. The molecule has 17 heavy (non-hydrogen) atoms.